The van der Waals surface area contributed by atoms with Crippen molar-refractivity contribution in [3.05, 3.63) is 71.5 Å². The van der Waals surface area contributed by atoms with Crippen LogP contribution in [0.25, 0.3) is 17.3 Å². The van der Waals surface area contributed by atoms with Crippen LogP contribution in [0.4, 0.5) is 10.2 Å². The van der Waals surface area contributed by atoms with Crippen LogP contribution in [-0.2, 0) is 0 Å². The first-order valence-electron chi connectivity index (χ1n) is 11.2. The van der Waals surface area contributed by atoms with Gasteiger partial charge in [-0.2, -0.15) is 0 Å². The fraction of sp³-hybridized carbons (Fsp3) is 0.320. The Morgan fingerprint density at radius 3 is 2.73 bits per heavy atom. The van der Waals surface area contributed by atoms with Crippen LogP contribution in [-0.4, -0.2) is 70.5 Å². The molecule has 0 N–H and O–H groups in total. The van der Waals surface area contributed by atoms with Gasteiger partial charge in [-0.25, -0.2) is 9.80 Å². The van der Waals surface area contributed by atoms with Gasteiger partial charge >= 0.3 is 0 Å². The highest BCUT2D eigenvalue weighted by Crippen LogP contribution is 2.32. The molecule has 0 saturated carbocycles. The third-order valence-electron chi connectivity index (χ3n) is 6.25. The van der Waals surface area contributed by atoms with E-state index in [4.69, 9.17) is 0 Å². The Bertz CT molecular complexity index is 1190. The largest absolute Gasteiger partial charge is 0.334 e. The number of aromatic nitrogens is 3. The molecule has 2 aliphatic rings. The predicted molar refractivity (Wildman–Crippen MR) is 127 cm³/mol. The summed E-state index contributed by atoms with van der Waals surface area (Å²) in [5.74, 6) is 0.0687. The first-order chi connectivity index (χ1) is 16.0. The Kier molecular flexibility index (Phi) is 5.68. The second-order valence-electron chi connectivity index (χ2n) is 8.90. The second kappa shape index (κ2) is 8.78. The molecular formula is C25H27FN6O. The van der Waals surface area contributed by atoms with E-state index in [9.17, 15) is 9.28 Å². The van der Waals surface area contributed by atoms with E-state index >= 15 is 0 Å². The minimum Gasteiger partial charge on any atom is -0.334 e. The van der Waals surface area contributed by atoms with Gasteiger partial charge in [0.15, 0.2) is 0 Å². The molecule has 5 rings (SSSR count). The Morgan fingerprint density at radius 2 is 1.94 bits per heavy atom. The lowest BCUT2D eigenvalue weighted by Gasteiger charge is -2.27. The zero-order chi connectivity index (χ0) is 22.9. The van der Waals surface area contributed by atoms with Crippen LogP contribution in [0.2, 0.25) is 0 Å². The first kappa shape index (κ1) is 21.3. The molecule has 2 aromatic carbocycles. The van der Waals surface area contributed by atoms with Crippen molar-refractivity contribution in [1.82, 2.24) is 24.8 Å². The van der Waals surface area contributed by atoms with Gasteiger partial charge in [0.1, 0.15) is 5.69 Å². The maximum absolute atomic E-state index is 14.5. The zero-order valence-corrected chi connectivity index (χ0v) is 18.9. The van der Waals surface area contributed by atoms with Gasteiger partial charge in [0.05, 0.1) is 24.1 Å². The topological polar surface area (TPSA) is 57.5 Å². The number of benzene rings is 2. The summed E-state index contributed by atoms with van der Waals surface area (Å²) in [5, 5.41) is 9.20. The minimum atomic E-state index is 0.0687. The number of amides is 1. The highest BCUT2D eigenvalue weighted by molar-refractivity contribution is 5.95. The molecule has 0 aliphatic carbocycles. The van der Waals surface area contributed by atoms with Crippen LogP contribution in [0.15, 0.2) is 54.7 Å². The number of likely N-dealkylation sites (N-methyl/N-ethyl adjacent to an activating group) is 1. The summed E-state index contributed by atoms with van der Waals surface area (Å²) in [4.78, 5) is 17.2. The minimum absolute atomic E-state index is 0.0687. The Balaban J connectivity index is 1.33. The summed E-state index contributed by atoms with van der Waals surface area (Å²) in [6.07, 6.45) is 5.82. The number of likely N-dealkylation sites (tertiary alicyclic amines) is 1. The van der Waals surface area contributed by atoms with E-state index in [0.29, 0.717) is 16.9 Å². The Labute approximate surface area is 192 Å². The molecule has 1 fully saturated rings. The lowest BCUT2D eigenvalue weighted by Crippen LogP contribution is -2.41. The fourth-order valence-electron chi connectivity index (χ4n) is 4.63. The van der Waals surface area contributed by atoms with Gasteiger partial charge in [0.2, 0.25) is 0 Å². The zero-order valence-electron chi connectivity index (χ0n) is 18.9. The van der Waals surface area contributed by atoms with Gasteiger partial charge in [0, 0.05) is 35.8 Å². The van der Waals surface area contributed by atoms with Gasteiger partial charge in [0.25, 0.3) is 5.91 Å². The van der Waals surface area contributed by atoms with Crippen LogP contribution in [0.5, 0.6) is 0 Å². The molecule has 7 nitrogen and oxygen atoms in total. The maximum Gasteiger partial charge on any atom is 0.254 e. The van der Waals surface area contributed by atoms with Crippen LogP contribution < -0.4 is 5.12 Å². The van der Waals surface area contributed by atoms with Crippen molar-refractivity contribution in [2.75, 3.05) is 38.9 Å². The smallest absolute Gasteiger partial charge is 0.254 e. The predicted octanol–water partition coefficient (Wildman–Crippen LogP) is 3.68. The number of hydrogen-bond donors (Lipinski definition) is 0. The Hall–Kier alpha value is -3.52. The van der Waals surface area contributed by atoms with E-state index in [-0.39, 0.29) is 18.5 Å². The van der Waals surface area contributed by atoms with Gasteiger partial charge < -0.3 is 9.80 Å². The van der Waals surface area contributed by atoms with Crippen molar-refractivity contribution in [1.29, 1.82) is 0 Å². The van der Waals surface area contributed by atoms with Crippen molar-refractivity contribution >= 4 is 23.2 Å². The standard InChI is InChI=1S/C25H27FN6O/c1-29(2)16-22-7-5-13-30(22)25(33)18-9-11-21(12-10-18)32-17-23(27-28-32)20-14-19-6-3-4-8-24(19)31(26)15-20/h3-4,6,8-12,14,17,22H,5,7,13,15-16H2,1-2H3/t22-/m0/s1. The monoisotopic (exact) mass is 446 g/mol. The molecule has 33 heavy (non-hydrogen) atoms. The van der Waals surface area contributed by atoms with Crippen molar-refractivity contribution in [2.24, 2.45) is 0 Å². The van der Waals surface area contributed by atoms with E-state index in [2.05, 4.69) is 15.2 Å². The number of para-hydroxylation sites is 1. The normalized spacial score (nSPS) is 17.9. The maximum atomic E-state index is 14.5. The molecule has 1 saturated heterocycles. The first-order valence-corrected chi connectivity index (χ1v) is 11.2. The number of fused-ring (bicyclic) bond motifs is 1. The molecule has 0 spiro atoms. The lowest BCUT2D eigenvalue weighted by molar-refractivity contribution is 0.0716. The molecule has 3 aromatic rings. The number of carbonyl (C=O) groups is 1. The summed E-state index contributed by atoms with van der Waals surface area (Å²) in [5.41, 5.74) is 4.22. The Morgan fingerprint density at radius 1 is 1.15 bits per heavy atom. The molecular weight excluding hydrogens is 419 g/mol. The lowest BCUT2D eigenvalue weighted by atomic mass is 10.0. The van der Waals surface area contributed by atoms with E-state index in [1.807, 2.05) is 67.5 Å². The molecule has 8 heteroatoms. The number of carbonyl (C=O) groups excluding carboxylic acids is 1. The summed E-state index contributed by atoms with van der Waals surface area (Å²) in [6.45, 7) is 1.80. The summed E-state index contributed by atoms with van der Waals surface area (Å²) < 4.78 is 16.1. The quantitative estimate of drug-likeness (QED) is 0.560. The summed E-state index contributed by atoms with van der Waals surface area (Å²) >= 11 is 0. The van der Waals surface area contributed by atoms with Gasteiger partial charge in [-0.3, -0.25) is 4.79 Å². The van der Waals surface area contributed by atoms with E-state index in [1.165, 1.54) is 0 Å². The number of hydrogen-bond acceptors (Lipinski definition) is 5. The van der Waals surface area contributed by atoms with Crippen molar-refractivity contribution in [3.8, 4) is 5.69 Å². The summed E-state index contributed by atoms with van der Waals surface area (Å²) in [6, 6.07) is 15.0. The number of halogens is 1. The van der Waals surface area contributed by atoms with E-state index in [0.717, 1.165) is 47.9 Å². The SMILES string of the molecule is CN(C)C[C@@H]1CCCN1C(=O)c1ccc(-n2cc(C3=Cc4ccccc4N(F)C3)nn2)cc1. The number of anilines is 1. The van der Waals surface area contributed by atoms with Crippen LogP contribution in [0.3, 0.4) is 0 Å². The molecule has 2 aliphatic heterocycles. The summed E-state index contributed by atoms with van der Waals surface area (Å²) in [7, 11) is 4.07. The average molecular weight is 447 g/mol. The molecule has 0 unspecified atom stereocenters. The third-order valence-corrected chi connectivity index (χ3v) is 6.25. The van der Waals surface area contributed by atoms with Crippen LogP contribution >= 0.6 is 0 Å². The average Bonchev–Trinajstić information content (AvgIpc) is 3.48. The van der Waals surface area contributed by atoms with Crippen molar-refractivity contribution in [2.45, 2.75) is 18.9 Å². The van der Waals surface area contributed by atoms with Gasteiger partial charge in [-0.15, -0.1) is 5.10 Å². The molecule has 0 bridgehead atoms. The number of nitrogens with zero attached hydrogens (tertiary/aromatic N) is 6. The molecule has 3 heterocycles. The second-order valence-corrected chi connectivity index (χ2v) is 8.90. The van der Waals surface area contributed by atoms with Crippen LogP contribution in [0, 0.1) is 0 Å². The fourth-order valence-corrected chi connectivity index (χ4v) is 4.63. The highest BCUT2D eigenvalue weighted by atomic mass is 19.2. The molecule has 1 amide bonds. The highest BCUT2D eigenvalue weighted by Gasteiger charge is 2.29. The van der Waals surface area contributed by atoms with E-state index in [1.54, 1.807) is 16.9 Å². The molecule has 1 atom stereocenters. The van der Waals surface area contributed by atoms with Gasteiger partial charge in [-0.05, 0) is 63.3 Å². The van der Waals surface area contributed by atoms with E-state index < -0.39 is 0 Å². The number of rotatable bonds is 5. The molecule has 0 radical (unpaired) electrons. The molecule has 170 valence electrons. The van der Waals surface area contributed by atoms with Gasteiger partial charge in [-0.1, -0.05) is 27.9 Å². The van der Waals surface area contributed by atoms with Crippen molar-refractivity contribution in [3.63, 3.8) is 0 Å². The van der Waals surface area contributed by atoms with Crippen molar-refractivity contribution < 1.29 is 9.28 Å². The van der Waals surface area contributed by atoms with Crippen LogP contribution in [0.1, 0.15) is 34.5 Å². The molecule has 1 aromatic heterocycles. The third kappa shape index (κ3) is 4.26.